The van der Waals surface area contributed by atoms with E-state index in [-0.39, 0.29) is 11.6 Å². The van der Waals surface area contributed by atoms with E-state index in [9.17, 15) is 14.4 Å². The molecule has 1 aromatic heterocycles. The number of fused-ring (bicyclic) bond motifs is 1. The highest BCUT2D eigenvalue weighted by Crippen LogP contribution is 2.40. The van der Waals surface area contributed by atoms with Crippen LogP contribution in [0.3, 0.4) is 0 Å². The van der Waals surface area contributed by atoms with Crippen molar-refractivity contribution >= 4 is 62.9 Å². The van der Waals surface area contributed by atoms with E-state index in [4.69, 9.17) is 4.42 Å². The molecule has 5 aromatic carbocycles. The van der Waals surface area contributed by atoms with E-state index < -0.39 is 17.1 Å². The smallest absolute Gasteiger partial charge is 0.272 e. The maximum atomic E-state index is 14.0. The van der Waals surface area contributed by atoms with E-state index in [1.165, 1.54) is 23.4 Å². The van der Waals surface area contributed by atoms with Crippen molar-refractivity contribution in [2.75, 3.05) is 16.8 Å². The van der Waals surface area contributed by atoms with Gasteiger partial charge in [-0.25, -0.2) is 0 Å². The zero-order chi connectivity index (χ0) is 35.2. The zero-order valence-corrected chi connectivity index (χ0v) is 29.7. The summed E-state index contributed by atoms with van der Waals surface area (Å²) in [5.41, 5.74) is 4.87. The highest BCUT2D eigenvalue weighted by molar-refractivity contribution is 9.10. The van der Waals surface area contributed by atoms with Gasteiger partial charge in [0.1, 0.15) is 22.5 Å². The van der Waals surface area contributed by atoms with Crippen LogP contribution in [0.4, 0.5) is 11.4 Å². The third-order valence-electron chi connectivity index (χ3n) is 8.42. The number of thioether (sulfide) groups is 1. The number of halogens is 1. The molecular formula is C42H32BrN3O4S. The summed E-state index contributed by atoms with van der Waals surface area (Å²) in [6.45, 7) is 0.646. The van der Waals surface area contributed by atoms with Gasteiger partial charge in [-0.1, -0.05) is 94.8 Å². The van der Waals surface area contributed by atoms with E-state index in [2.05, 4.69) is 32.6 Å². The lowest BCUT2D eigenvalue weighted by Gasteiger charge is -2.24. The molecule has 0 unspecified atom stereocenters. The first kappa shape index (κ1) is 33.8. The zero-order valence-electron chi connectivity index (χ0n) is 27.3. The van der Waals surface area contributed by atoms with Gasteiger partial charge in [-0.05, 0) is 84.3 Å². The number of hydrogen-bond acceptors (Lipinski definition) is 5. The second-order valence-electron chi connectivity index (χ2n) is 11.8. The molecule has 2 N–H and O–H groups in total. The van der Waals surface area contributed by atoms with Crippen LogP contribution in [0.5, 0.6) is 0 Å². The highest BCUT2D eigenvalue weighted by atomic mass is 79.9. The average molecular weight is 755 g/mol. The van der Waals surface area contributed by atoms with Crippen LogP contribution >= 0.6 is 27.7 Å². The van der Waals surface area contributed by atoms with E-state index in [0.717, 1.165) is 32.6 Å². The maximum absolute atomic E-state index is 14.0. The Bertz CT molecular complexity index is 2200. The largest absolute Gasteiger partial charge is 0.457 e. The monoisotopic (exact) mass is 753 g/mol. The van der Waals surface area contributed by atoms with Gasteiger partial charge in [0, 0.05) is 44.5 Å². The van der Waals surface area contributed by atoms with Crippen LogP contribution in [0, 0.1) is 0 Å². The number of rotatable bonds is 10. The van der Waals surface area contributed by atoms with Crippen molar-refractivity contribution < 1.29 is 18.8 Å². The molecule has 0 saturated heterocycles. The highest BCUT2D eigenvalue weighted by Gasteiger charge is 2.31. The number of nitrogens with one attached hydrogen (secondary N) is 2. The molecule has 0 bridgehead atoms. The van der Waals surface area contributed by atoms with Crippen LogP contribution in [-0.4, -0.2) is 24.3 Å². The van der Waals surface area contributed by atoms with Crippen LogP contribution in [0.15, 0.2) is 165 Å². The minimum absolute atomic E-state index is 0.0136. The van der Waals surface area contributed by atoms with Gasteiger partial charge in [0.25, 0.3) is 11.8 Å². The number of anilines is 2. The minimum Gasteiger partial charge on any atom is -0.457 e. The maximum Gasteiger partial charge on any atom is 0.272 e. The number of hydrogen-bond donors (Lipinski definition) is 2. The Labute approximate surface area is 308 Å². The Morgan fingerprint density at radius 3 is 2.20 bits per heavy atom. The molecule has 9 heteroatoms. The summed E-state index contributed by atoms with van der Waals surface area (Å²) < 4.78 is 6.98. The van der Waals surface area contributed by atoms with Gasteiger partial charge < -0.3 is 20.0 Å². The van der Waals surface area contributed by atoms with Crippen molar-refractivity contribution in [1.29, 1.82) is 0 Å². The van der Waals surface area contributed by atoms with Gasteiger partial charge >= 0.3 is 0 Å². The number of carbonyl (C=O) groups is 3. The molecule has 252 valence electrons. The fraction of sp³-hybridized carbons (Fsp3) is 0.0714. The third-order valence-corrected chi connectivity index (χ3v) is 10.2. The first-order valence-corrected chi connectivity index (χ1v) is 18.0. The summed E-state index contributed by atoms with van der Waals surface area (Å²) in [5.74, 6) is 0.0957. The number of benzene rings is 5. The second kappa shape index (κ2) is 15.5. The van der Waals surface area contributed by atoms with Crippen LogP contribution in [0.25, 0.3) is 17.4 Å². The van der Waals surface area contributed by atoms with Crippen molar-refractivity contribution in [3.63, 3.8) is 0 Å². The first-order chi connectivity index (χ1) is 24.9. The van der Waals surface area contributed by atoms with E-state index in [1.807, 2.05) is 102 Å². The molecule has 7 nitrogen and oxygen atoms in total. The molecule has 0 radical (unpaired) electrons. The first-order valence-electron chi connectivity index (χ1n) is 16.4. The molecule has 7 rings (SSSR count). The Hall–Kier alpha value is -5.64. The number of nitrogens with zero attached hydrogens (tertiary/aromatic N) is 1. The number of para-hydroxylation sites is 1. The Morgan fingerprint density at radius 2 is 1.45 bits per heavy atom. The summed E-state index contributed by atoms with van der Waals surface area (Å²) >= 11 is 4.91. The van der Waals surface area contributed by atoms with Crippen LogP contribution in [0.2, 0.25) is 0 Å². The lowest BCUT2D eigenvalue weighted by atomic mass is 10.1. The van der Waals surface area contributed by atoms with Crippen LogP contribution in [-0.2, 0) is 16.0 Å². The molecule has 0 aliphatic carbocycles. The lowest BCUT2D eigenvalue weighted by molar-refractivity contribution is -0.118. The van der Waals surface area contributed by atoms with E-state index in [1.54, 1.807) is 42.5 Å². The van der Waals surface area contributed by atoms with Gasteiger partial charge in [-0.3, -0.25) is 14.4 Å². The molecule has 1 aliphatic heterocycles. The van der Waals surface area contributed by atoms with Crippen molar-refractivity contribution in [2.24, 2.45) is 0 Å². The normalized spacial score (nSPS) is 13.0. The number of carbonyl (C=O) groups excluding carboxylic acids is 3. The Kier molecular flexibility index (Phi) is 10.3. The molecule has 1 aliphatic rings. The average Bonchev–Trinajstić information content (AvgIpc) is 3.83. The predicted octanol–water partition coefficient (Wildman–Crippen LogP) is 9.54. The van der Waals surface area contributed by atoms with Crippen LogP contribution < -0.4 is 15.5 Å². The Balaban J connectivity index is 1.10. The summed E-state index contributed by atoms with van der Waals surface area (Å²) in [4.78, 5) is 43.6. The fourth-order valence-electron chi connectivity index (χ4n) is 5.83. The minimum atomic E-state index is -0.522. The number of furan rings is 1. The van der Waals surface area contributed by atoms with Crippen LogP contribution in [0.1, 0.15) is 32.5 Å². The Morgan fingerprint density at radius 1 is 0.765 bits per heavy atom. The molecule has 6 aromatic rings. The van der Waals surface area contributed by atoms with Gasteiger partial charge in [0.15, 0.2) is 0 Å². The fourth-order valence-corrected chi connectivity index (χ4v) is 7.18. The standard InChI is InChI=1S/C42H32BrN3O4S/c43-32-17-15-29(16-18-32)38-24-21-34(50-38)27-36(45-40(47)31-12-5-2-6-13-31)41(48)44-33-19-22-35(23-20-33)51-39(30-10-3-1-4-11-30)42(49)46-26-25-28-9-7-8-14-37(28)46/h1-24,27,39H,25-26H2,(H,44,48)(H,45,47)/b36-27-/t39-/m1/s1. The third kappa shape index (κ3) is 8.06. The van der Waals surface area contributed by atoms with Crippen molar-refractivity contribution in [1.82, 2.24) is 5.32 Å². The van der Waals surface area contributed by atoms with Crippen molar-refractivity contribution in [3.8, 4) is 11.3 Å². The van der Waals surface area contributed by atoms with Gasteiger partial charge in [-0.2, -0.15) is 0 Å². The quantitative estimate of drug-likeness (QED) is 0.107. The summed E-state index contributed by atoms with van der Waals surface area (Å²) in [7, 11) is 0. The molecule has 0 spiro atoms. The van der Waals surface area contributed by atoms with Gasteiger partial charge in [0.05, 0.1) is 0 Å². The summed E-state index contributed by atoms with van der Waals surface area (Å²) in [6.07, 6.45) is 2.34. The molecular weight excluding hydrogens is 722 g/mol. The molecule has 0 fully saturated rings. The number of amides is 3. The lowest BCUT2D eigenvalue weighted by Crippen LogP contribution is -2.32. The predicted molar refractivity (Wildman–Crippen MR) is 206 cm³/mol. The molecule has 0 saturated carbocycles. The molecule has 3 amide bonds. The topological polar surface area (TPSA) is 91.7 Å². The molecule has 1 atom stereocenters. The van der Waals surface area contributed by atoms with Gasteiger partial charge in [0.2, 0.25) is 5.91 Å². The van der Waals surface area contributed by atoms with Gasteiger partial charge in [-0.15, -0.1) is 11.8 Å². The second-order valence-corrected chi connectivity index (χ2v) is 13.9. The van der Waals surface area contributed by atoms with Crippen molar-refractivity contribution in [2.45, 2.75) is 16.6 Å². The molecule has 51 heavy (non-hydrogen) atoms. The molecule has 2 heterocycles. The van der Waals surface area contributed by atoms with Crippen molar-refractivity contribution in [3.05, 3.63) is 178 Å². The van der Waals surface area contributed by atoms with E-state index in [0.29, 0.717) is 29.3 Å². The summed E-state index contributed by atoms with van der Waals surface area (Å²) in [6, 6.07) is 45.1. The summed E-state index contributed by atoms with van der Waals surface area (Å²) in [5, 5.41) is 5.20. The SMILES string of the molecule is O=C(Nc1ccc(S[C@@H](C(=O)N2CCc3ccccc32)c2ccccc2)cc1)/C(=C/c1ccc(-c2ccc(Br)cc2)o1)NC(=O)c1ccccc1. The van der Waals surface area contributed by atoms with E-state index >= 15 is 0 Å².